The summed E-state index contributed by atoms with van der Waals surface area (Å²) in [4.78, 5) is 21.4. The summed E-state index contributed by atoms with van der Waals surface area (Å²) in [6.07, 6.45) is -1.42. The van der Waals surface area contributed by atoms with Gasteiger partial charge in [0.05, 0.1) is 5.56 Å². The molecular formula is C11H9NO4. The lowest BCUT2D eigenvalue weighted by atomic mass is 9.95. The van der Waals surface area contributed by atoms with Crippen molar-refractivity contribution in [3.8, 4) is 6.07 Å². The molecule has 5 heteroatoms. The average Bonchev–Trinajstić information content (AvgIpc) is 2.27. The van der Waals surface area contributed by atoms with E-state index in [-0.39, 0.29) is 16.7 Å². The molecule has 0 spiro atoms. The number of carboxylic acids is 1. The van der Waals surface area contributed by atoms with Crippen molar-refractivity contribution in [2.24, 2.45) is 0 Å². The van der Waals surface area contributed by atoms with E-state index >= 15 is 0 Å². The number of aryl methyl sites for hydroxylation is 1. The third-order valence-electron chi connectivity index (χ3n) is 2.25. The number of carbonyl (C=O) groups excluding carboxylic acids is 1. The molecule has 0 aliphatic rings. The van der Waals surface area contributed by atoms with Gasteiger partial charge in [-0.15, -0.1) is 0 Å². The van der Waals surface area contributed by atoms with Crippen LogP contribution in [0.1, 0.15) is 33.2 Å². The predicted molar refractivity (Wildman–Crippen MR) is 53.9 cm³/mol. The first kappa shape index (κ1) is 11.9. The molecule has 1 atom stereocenters. The Morgan fingerprint density at radius 3 is 2.62 bits per heavy atom. The van der Waals surface area contributed by atoms with E-state index in [1.807, 2.05) is 6.07 Å². The Morgan fingerprint density at radius 2 is 2.19 bits per heavy atom. The van der Waals surface area contributed by atoms with Gasteiger partial charge < -0.3 is 10.2 Å². The van der Waals surface area contributed by atoms with Crippen molar-refractivity contribution >= 4 is 12.3 Å². The number of aliphatic hydroxyl groups excluding tert-OH is 1. The first-order valence-corrected chi connectivity index (χ1v) is 4.42. The summed E-state index contributed by atoms with van der Waals surface area (Å²) in [5, 5.41) is 26.8. The fraction of sp³-hybridized carbons (Fsp3) is 0.182. The second-order valence-electron chi connectivity index (χ2n) is 3.23. The molecule has 0 amide bonds. The minimum atomic E-state index is -1.80. The number of nitriles is 1. The van der Waals surface area contributed by atoms with Crippen molar-refractivity contribution in [2.75, 3.05) is 0 Å². The molecule has 0 heterocycles. The van der Waals surface area contributed by atoms with Crippen molar-refractivity contribution in [3.63, 3.8) is 0 Å². The van der Waals surface area contributed by atoms with Gasteiger partial charge >= 0.3 is 5.97 Å². The first-order chi connectivity index (χ1) is 7.52. The first-order valence-electron chi connectivity index (χ1n) is 4.42. The van der Waals surface area contributed by atoms with Gasteiger partial charge in [-0.2, -0.15) is 5.26 Å². The molecule has 2 N–H and O–H groups in total. The number of carbonyl (C=O) groups is 2. The number of aliphatic carboxylic acids is 1. The van der Waals surface area contributed by atoms with Gasteiger partial charge in [0.1, 0.15) is 6.07 Å². The van der Waals surface area contributed by atoms with E-state index in [4.69, 9.17) is 10.4 Å². The largest absolute Gasteiger partial charge is 0.479 e. The van der Waals surface area contributed by atoms with Gasteiger partial charge in [-0.1, -0.05) is 12.1 Å². The molecule has 1 unspecified atom stereocenters. The zero-order chi connectivity index (χ0) is 12.3. The standard InChI is InChI=1S/C11H9NO4/c1-6-2-3-7(10(14)11(15)16)9(5-13)8(6)4-12/h2-3,5,10,14H,1H3,(H,15,16). The Bertz CT molecular complexity index is 487. The van der Waals surface area contributed by atoms with Gasteiger partial charge in [0.2, 0.25) is 0 Å². The maximum Gasteiger partial charge on any atom is 0.337 e. The molecule has 0 radical (unpaired) electrons. The predicted octanol–water partition coefficient (Wildman–Crippen LogP) is 0.797. The monoisotopic (exact) mass is 219 g/mol. The fourth-order valence-corrected chi connectivity index (χ4v) is 1.39. The minimum Gasteiger partial charge on any atom is -0.479 e. The number of benzene rings is 1. The Labute approximate surface area is 91.6 Å². The SMILES string of the molecule is Cc1ccc(C(O)C(=O)O)c(C=O)c1C#N. The maximum absolute atomic E-state index is 10.8. The average molecular weight is 219 g/mol. The van der Waals surface area contributed by atoms with Gasteiger partial charge in [0.25, 0.3) is 0 Å². The Hall–Kier alpha value is -2.19. The molecule has 0 fully saturated rings. The maximum atomic E-state index is 10.8. The second kappa shape index (κ2) is 4.55. The van der Waals surface area contributed by atoms with Crippen LogP contribution in [0.15, 0.2) is 12.1 Å². The summed E-state index contributed by atoms with van der Waals surface area (Å²) in [7, 11) is 0. The molecule has 0 aromatic heterocycles. The number of aliphatic hydroxyl groups is 1. The molecule has 0 saturated carbocycles. The summed E-state index contributed by atoms with van der Waals surface area (Å²) < 4.78 is 0. The highest BCUT2D eigenvalue weighted by molar-refractivity contribution is 5.86. The van der Waals surface area contributed by atoms with Crippen LogP contribution in [-0.4, -0.2) is 22.5 Å². The van der Waals surface area contributed by atoms with E-state index < -0.39 is 12.1 Å². The zero-order valence-electron chi connectivity index (χ0n) is 8.47. The normalized spacial score (nSPS) is 11.6. The van der Waals surface area contributed by atoms with Crippen LogP contribution in [0, 0.1) is 18.3 Å². The van der Waals surface area contributed by atoms with Crippen molar-refractivity contribution in [2.45, 2.75) is 13.0 Å². The van der Waals surface area contributed by atoms with Gasteiger partial charge in [-0.25, -0.2) is 4.79 Å². The Morgan fingerprint density at radius 1 is 1.56 bits per heavy atom. The van der Waals surface area contributed by atoms with Gasteiger partial charge in [0, 0.05) is 11.1 Å². The topological polar surface area (TPSA) is 98.4 Å². The zero-order valence-corrected chi connectivity index (χ0v) is 8.47. The summed E-state index contributed by atoms with van der Waals surface area (Å²) >= 11 is 0. The molecule has 1 aromatic carbocycles. The lowest BCUT2D eigenvalue weighted by molar-refractivity contribution is -0.146. The van der Waals surface area contributed by atoms with Crippen LogP contribution >= 0.6 is 0 Å². The van der Waals surface area contributed by atoms with Crippen LogP contribution in [0.25, 0.3) is 0 Å². The summed E-state index contributed by atoms with van der Waals surface area (Å²) in [6, 6.07) is 4.64. The summed E-state index contributed by atoms with van der Waals surface area (Å²) in [5.41, 5.74) is 0.515. The molecule has 0 saturated heterocycles. The van der Waals surface area contributed by atoms with Crippen LogP contribution in [-0.2, 0) is 4.79 Å². The Balaban J connectivity index is 3.48. The van der Waals surface area contributed by atoms with Crippen LogP contribution in [0.2, 0.25) is 0 Å². The molecule has 1 rings (SSSR count). The lowest BCUT2D eigenvalue weighted by Gasteiger charge is -2.11. The lowest BCUT2D eigenvalue weighted by Crippen LogP contribution is -2.13. The van der Waals surface area contributed by atoms with Crippen LogP contribution in [0.4, 0.5) is 0 Å². The van der Waals surface area contributed by atoms with Crippen LogP contribution < -0.4 is 0 Å². The van der Waals surface area contributed by atoms with Crippen LogP contribution in [0.3, 0.4) is 0 Å². The van der Waals surface area contributed by atoms with E-state index in [0.29, 0.717) is 11.8 Å². The molecule has 5 nitrogen and oxygen atoms in total. The van der Waals surface area contributed by atoms with E-state index in [1.165, 1.54) is 12.1 Å². The van der Waals surface area contributed by atoms with E-state index in [2.05, 4.69) is 0 Å². The fourth-order valence-electron chi connectivity index (χ4n) is 1.39. The third kappa shape index (κ3) is 1.92. The quantitative estimate of drug-likeness (QED) is 0.732. The third-order valence-corrected chi connectivity index (χ3v) is 2.25. The van der Waals surface area contributed by atoms with E-state index in [9.17, 15) is 14.7 Å². The van der Waals surface area contributed by atoms with E-state index in [0.717, 1.165) is 0 Å². The van der Waals surface area contributed by atoms with Crippen molar-refractivity contribution < 1.29 is 19.8 Å². The smallest absolute Gasteiger partial charge is 0.337 e. The molecular weight excluding hydrogens is 210 g/mol. The highest BCUT2D eigenvalue weighted by atomic mass is 16.4. The van der Waals surface area contributed by atoms with Crippen LogP contribution in [0.5, 0.6) is 0 Å². The van der Waals surface area contributed by atoms with Gasteiger partial charge in [0.15, 0.2) is 12.4 Å². The number of aldehydes is 1. The number of nitrogens with zero attached hydrogens (tertiary/aromatic N) is 1. The highest BCUT2D eigenvalue weighted by Crippen LogP contribution is 2.22. The number of hydrogen-bond donors (Lipinski definition) is 2. The van der Waals surface area contributed by atoms with Crippen molar-refractivity contribution in [1.29, 1.82) is 5.26 Å². The molecule has 1 aromatic rings. The summed E-state index contributed by atoms with van der Waals surface area (Å²) in [6.45, 7) is 1.63. The van der Waals surface area contributed by atoms with Gasteiger partial charge in [-0.05, 0) is 12.5 Å². The Kier molecular flexibility index (Phi) is 3.38. The molecule has 0 bridgehead atoms. The molecule has 16 heavy (non-hydrogen) atoms. The number of carboxylic acid groups (broad SMARTS) is 1. The van der Waals surface area contributed by atoms with E-state index in [1.54, 1.807) is 6.92 Å². The highest BCUT2D eigenvalue weighted by Gasteiger charge is 2.22. The van der Waals surface area contributed by atoms with Crippen molar-refractivity contribution in [3.05, 3.63) is 34.4 Å². The summed E-state index contributed by atoms with van der Waals surface area (Å²) in [5.74, 6) is -1.46. The number of rotatable bonds is 3. The van der Waals surface area contributed by atoms with Gasteiger partial charge in [-0.3, -0.25) is 4.79 Å². The number of hydrogen-bond acceptors (Lipinski definition) is 4. The molecule has 0 aliphatic heterocycles. The minimum absolute atomic E-state index is 0.0651. The second-order valence-corrected chi connectivity index (χ2v) is 3.23. The molecule has 0 aliphatic carbocycles. The van der Waals surface area contributed by atoms with Crippen molar-refractivity contribution in [1.82, 2.24) is 0 Å². The molecule has 82 valence electrons.